The summed E-state index contributed by atoms with van der Waals surface area (Å²) in [6.45, 7) is 7.29. The second-order valence-electron chi connectivity index (χ2n) is 7.06. The van der Waals surface area contributed by atoms with Gasteiger partial charge in [0, 0.05) is 11.6 Å². The smallest absolute Gasteiger partial charge is 0.252 e. The van der Waals surface area contributed by atoms with E-state index < -0.39 is 10.0 Å². The van der Waals surface area contributed by atoms with Gasteiger partial charge < -0.3 is 14.8 Å². The molecule has 2 aromatic rings. The Balaban J connectivity index is 1.81. The molecule has 0 fully saturated rings. The first-order valence-electron chi connectivity index (χ1n) is 9.01. The van der Waals surface area contributed by atoms with Gasteiger partial charge in [-0.15, -0.1) is 0 Å². The summed E-state index contributed by atoms with van der Waals surface area (Å²) in [5.74, 6) is 0.973. The van der Waals surface area contributed by atoms with Crippen molar-refractivity contribution in [3.8, 4) is 11.5 Å². The summed E-state index contributed by atoms with van der Waals surface area (Å²) in [6.07, 6.45) is 0. The Morgan fingerprint density at radius 3 is 2.46 bits per heavy atom. The molecule has 0 aromatic heterocycles. The molecule has 1 atom stereocenters. The molecule has 0 radical (unpaired) electrons. The monoisotopic (exact) mass is 404 g/mol. The molecule has 8 heteroatoms. The van der Waals surface area contributed by atoms with Crippen molar-refractivity contribution in [2.24, 2.45) is 0 Å². The van der Waals surface area contributed by atoms with Gasteiger partial charge in [0.1, 0.15) is 0 Å². The van der Waals surface area contributed by atoms with Crippen LogP contribution in [0.25, 0.3) is 0 Å². The van der Waals surface area contributed by atoms with Gasteiger partial charge in [0.25, 0.3) is 5.91 Å². The highest BCUT2D eigenvalue weighted by Crippen LogP contribution is 2.34. The van der Waals surface area contributed by atoms with E-state index >= 15 is 0 Å². The zero-order chi connectivity index (χ0) is 20.5. The molecule has 1 aliphatic rings. The Bertz CT molecular complexity index is 1000. The predicted molar refractivity (Wildman–Crippen MR) is 105 cm³/mol. The van der Waals surface area contributed by atoms with E-state index in [-0.39, 0.29) is 29.7 Å². The van der Waals surface area contributed by atoms with Crippen LogP contribution in [0.3, 0.4) is 0 Å². The van der Waals surface area contributed by atoms with Gasteiger partial charge in [-0.2, -0.15) is 0 Å². The van der Waals surface area contributed by atoms with E-state index in [1.807, 2.05) is 19.1 Å². The van der Waals surface area contributed by atoms with Gasteiger partial charge >= 0.3 is 0 Å². The lowest BCUT2D eigenvalue weighted by atomic mass is 10.1. The van der Waals surface area contributed by atoms with Crippen molar-refractivity contribution < 1.29 is 22.7 Å². The summed E-state index contributed by atoms with van der Waals surface area (Å²) < 4.78 is 38.0. The third-order valence-corrected chi connectivity index (χ3v) is 6.06. The minimum Gasteiger partial charge on any atom is -0.454 e. The van der Waals surface area contributed by atoms with E-state index in [9.17, 15) is 13.2 Å². The van der Waals surface area contributed by atoms with Crippen LogP contribution >= 0.6 is 0 Å². The van der Waals surface area contributed by atoms with Crippen molar-refractivity contribution in [3.05, 3.63) is 53.1 Å². The van der Waals surface area contributed by atoms with Crippen LogP contribution in [0, 0.1) is 6.92 Å². The number of nitrogens with one attached hydrogen (secondary N) is 2. The fourth-order valence-corrected chi connectivity index (χ4v) is 4.21. The van der Waals surface area contributed by atoms with Gasteiger partial charge in [-0.3, -0.25) is 4.79 Å². The van der Waals surface area contributed by atoms with Crippen LogP contribution in [0.15, 0.2) is 41.3 Å². The van der Waals surface area contributed by atoms with E-state index in [1.54, 1.807) is 32.9 Å². The van der Waals surface area contributed by atoms with Crippen LogP contribution < -0.4 is 19.5 Å². The van der Waals surface area contributed by atoms with Crippen molar-refractivity contribution in [2.75, 3.05) is 6.79 Å². The number of carbonyl (C=O) groups excluding carboxylic acids is 1. The van der Waals surface area contributed by atoms with E-state index in [0.717, 1.165) is 5.56 Å². The zero-order valence-electron chi connectivity index (χ0n) is 16.3. The molecule has 0 spiro atoms. The van der Waals surface area contributed by atoms with Crippen molar-refractivity contribution in [1.82, 2.24) is 10.0 Å². The normalized spacial score (nSPS) is 14.2. The highest BCUT2D eigenvalue weighted by molar-refractivity contribution is 7.89. The molecule has 0 saturated heterocycles. The Labute approximate surface area is 165 Å². The second kappa shape index (κ2) is 7.81. The SMILES string of the molecule is Cc1ccc(S(=O)(=O)NC(C)C)cc1C(=O)NC(C)c1ccc2c(c1)OCO2. The number of ether oxygens (including phenoxy) is 2. The number of hydrogen-bond donors (Lipinski definition) is 2. The Hall–Kier alpha value is -2.58. The molecular formula is C20H24N2O5S. The maximum atomic E-state index is 12.8. The van der Waals surface area contributed by atoms with Crippen LogP contribution in [0.5, 0.6) is 11.5 Å². The molecule has 1 aliphatic heterocycles. The van der Waals surface area contributed by atoms with Crippen LogP contribution in [-0.2, 0) is 10.0 Å². The maximum absolute atomic E-state index is 12.8. The van der Waals surface area contributed by atoms with Crippen molar-refractivity contribution in [3.63, 3.8) is 0 Å². The van der Waals surface area contributed by atoms with Gasteiger partial charge in [0.15, 0.2) is 11.5 Å². The third-order valence-electron chi connectivity index (χ3n) is 4.40. The first kappa shape index (κ1) is 20.2. The first-order valence-corrected chi connectivity index (χ1v) is 10.5. The summed E-state index contributed by atoms with van der Waals surface area (Å²) in [5.41, 5.74) is 1.87. The molecule has 0 saturated carbocycles. The predicted octanol–water partition coefficient (Wildman–Crippen LogP) is 2.90. The van der Waals surface area contributed by atoms with Gasteiger partial charge in [-0.25, -0.2) is 13.1 Å². The lowest BCUT2D eigenvalue weighted by Gasteiger charge is -2.17. The maximum Gasteiger partial charge on any atom is 0.252 e. The number of benzene rings is 2. The fraction of sp³-hybridized carbons (Fsp3) is 0.350. The molecule has 1 unspecified atom stereocenters. The van der Waals surface area contributed by atoms with Gasteiger partial charge in [0.2, 0.25) is 16.8 Å². The molecule has 1 amide bonds. The summed E-state index contributed by atoms with van der Waals surface area (Å²) >= 11 is 0. The number of sulfonamides is 1. The molecule has 2 aromatic carbocycles. The van der Waals surface area contributed by atoms with E-state index in [4.69, 9.17) is 9.47 Å². The average Bonchev–Trinajstić information content (AvgIpc) is 3.08. The van der Waals surface area contributed by atoms with Gasteiger partial charge in [-0.1, -0.05) is 12.1 Å². The van der Waals surface area contributed by atoms with Gasteiger partial charge in [-0.05, 0) is 63.1 Å². The number of amides is 1. The second-order valence-corrected chi connectivity index (χ2v) is 8.77. The van der Waals surface area contributed by atoms with E-state index in [0.29, 0.717) is 22.6 Å². The lowest BCUT2D eigenvalue weighted by molar-refractivity contribution is 0.0939. The van der Waals surface area contributed by atoms with Crippen molar-refractivity contribution in [1.29, 1.82) is 0 Å². The Morgan fingerprint density at radius 1 is 1.04 bits per heavy atom. The van der Waals surface area contributed by atoms with Crippen molar-refractivity contribution in [2.45, 2.75) is 44.7 Å². The molecule has 150 valence electrons. The van der Waals surface area contributed by atoms with Gasteiger partial charge in [0.05, 0.1) is 10.9 Å². The minimum absolute atomic E-state index is 0.0627. The lowest BCUT2D eigenvalue weighted by Crippen LogP contribution is -2.31. The molecule has 1 heterocycles. The first-order chi connectivity index (χ1) is 13.2. The number of rotatable bonds is 6. The number of fused-ring (bicyclic) bond motifs is 1. The number of hydrogen-bond acceptors (Lipinski definition) is 5. The van der Waals surface area contributed by atoms with Crippen LogP contribution in [0.2, 0.25) is 0 Å². The molecule has 2 N–H and O–H groups in total. The molecule has 7 nitrogen and oxygen atoms in total. The zero-order valence-corrected chi connectivity index (χ0v) is 17.1. The fourth-order valence-electron chi connectivity index (χ4n) is 2.93. The van der Waals surface area contributed by atoms with Crippen LogP contribution in [0.1, 0.15) is 48.3 Å². The summed E-state index contributed by atoms with van der Waals surface area (Å²) in [6, 6.07) is 9.49. The van der Waals surface area contributed by atoms with Crippen LogP contribution in [-0.4, -0.2) is 27.2 Å². The van der Waals surface area contributed by atoms with Crippen molar-refractivity contribution >= 4 is 15.9 Å². The Morgan fingerprint density at radius 2 is 1.75 bits per heavy atom. The largest absolute Gasteiger partial charge is 0.454 e. The molecular weight excluding hydrogens is 380 g/mol. The van der Waals surface area contributed by atoms with Crippen LogP contribution in [0.4, 0.5) is 0 Å². The number of aryl methyl sites for hydroxylation is 1. The summed E-state index contributed by atoms with van der Waals surface area (Å²) in [5, 5.41) is 2.91. The Kier molecular flexibility index (Phi) is 5.62. The number of carbonyl (C=O) groups is 1. The molecule has 28 heavy (non-hydrogen) atoms. The summed E-state index contributed by atoms with van der Waals surface area (Å²) in [7, 11) is -3.68. The quantitative estimate of drug-likeness (QED) is 0.772. The molecule has 0 bridgehead atoms. The summed E-state index contributed by atoms with van der Waals surface area (Å²) in [4.78, 5) is 12.9. The third kappa shape index (κ3) is 4.28. The topological polar surface area (TPSA) is 93.7 Å². The van der Waals surface area contributed by atoms with E-state index in [1.165, 1.54) is 12.1 Å². The average molecular weight is 404 g/mol. The highest BCUT2D eigenvalue weighted by Gasteiger charge is 2.21. The van der Waals surface area contributed by atoms with E-state index in [2.05, 4.69) is 10.0 Å². The standard InChI is InChI=1S/C20H24N2O5S/c1-12(2)22-28(24,25)16-7-5-13(3)17(10-16)20(23)21-14(4)15-6-8-18-19(9-15)27-11-26-18/h5-10,12,14,22H,11H2,1-4H3,(H,21,23). The minimum atomic E-state index is -3.68. The highest BCUT2D eigenvalue weighted by atomic mass is 32.2. The molecule has 3 rings (SSSR count). The molecule has 0 aliphatic carbocycles.